The minimum atomic E-state index is -3.84. The van der Waals surface area contributed by atoms with E-state index >= 15 is 0 Å². The second kappa shape index (κ2) is 13.5. The van der Waals surface area contributed by atoms with Gasteiger partial charge in [-0.05, 0) is 83.6 Å². The van der Waals surface area contributed by atoms with Gasteiger partial charge in [0.05, 0.1) is 30.9 Å². The van der Waals surface area contributed by atoms with Crippen LogP contribution in [-0.4, -0.2) is 40.7 Å². The fourth-order valence-corrected chi connectivity index (χ4v) is 5.54. The van der Waals surface area contributed by atoms with E-state index in [2.05, 4.69) is 15.2 Å². The molecule has 0 saturated carbocycles. The highest BCUT2D eigenvalue weighted by molar-refractivity contribution is 7.92. The van der Waals surface area contributed by atoms with Crippen LogP contribution in [0.4, 0.5) is 5.69 Å². The fraction of sp³-hybridized carbons (Fsp3) is 0.0606. The molecule has 0 heterocycles. The number of sulfonamides is 1. The molecule has 5 aromatic rings. The van der Waals surface area contributed by atoms with Crippen LogP contribution in [0, 0.1) is 0 Å². The highest BCUT2D eigenvalue weighted by Gasteiger charge is 2.17. The monoisotopic (exact) mass is 643 g/mol. The van der Waals surface area contributed by atoms with Gasteiger partial charge in [0, 0.05) is 21.8 Å². The SMILES string of the molecule is COc1ccc(C(=O)Oc2ccc3ccccc3c2/C=N/NC(=O)c2ccc(NS(=O)(=O)c3ccc(Cl)cc3)cc2)cc1OC. The Kier molecular flexibility index (Phi) is 9.31. The smallest absolute Gasteiger partial charge is 0.343 e. The number of benzene rings is 5. The number of hydrazone groups is 1. The molecule has 5 rings (SSSR count). The number of methoxy groups -OCH3 is 2. The van der Waals surface area contributed by atoms with Gasteiger partial charge < -0.3 is 14.2 Å². The number of hydrogen-bond donors (Lipinski definition) is 2. The quantitative estimate of drug-likeness (QED) is 0.0790. The zero-order valence-electron chi connectivity index (χ0n) is 24.0. The van der Waals surface area contributed by atoms with Crippen LogP contribution < -0.4 is 24.4 Å². The summed E-state index contributed by atoms with van der Waals surface area (Å²) in [4.78, 5) is 25.9. The number of carbonyl (C=O) groups excluding carboxylic acids is 2. The maximum absolute atomic E-state index is 13.1. The number of nitrogens with zero attached hydrogens (tertiary/aromatic N) is 1. The number of ether oxygens (including phenoxy) is 3. The topological polar surface area (TPSA) is 132 Å². The molecular weight excluding hydrogens is 618 g/mol. The van der Waals surface area contributed by atoms with Gasteiger partial charge in [-0.15, -0.1) is 0 Å². The number of anilines is 1. The highest BCUT2D eigenvalue weighted by Crippen LogP contribution is 2.30. The number of nitrogens with one attached hydrogen (secondary N) is 2. The molecular formula is C33H26ClN3O7S. The summed E-state index contributed by atoms with van der Waals surface area (Å²) in [6, 6.07) is 27.2. The summed E-state index contributed by atoms with van der Waals surface area (Å²) in [5.41, 5.74) is 3.67. The lowest BCUT2D eigenvalue weighted by Crippen LogP contribution is -2.18. The first kappa shape index (κ1) is 31.0. The third-order valence-electron chi connectivity index (χ3n) is 6.64. The minimum Gasteiger partial charge on any atom is -0.493 e. The number of fused-ring (bicyclic) bond motifs is 1. The summed E-state index contributed by atoms with van der Waals surface area (Å²) in [6.07, 6.45) is 1.39. The number of halogens is 1. The number of rotatable bonds is 10. The van der Waals surface area contributed by atoms with Crippen LogP contribution >= 0.6 is 11.6 Å². The molecule has 1 amide bonds. The van der Waals surface area contributed by atoms with Crippen molar-refractivity contribution in [2.45, 2.75) is 4.90 Å². The Hall–Kier alpha value is -5.39. The second-order valence-electron chi connectivity index (χ2n) is 9.49. The first-order valence-corrected chi connectivity index (χ1v) is 15.2. The van der Waals surface area contributed by atoms with Crippen molar-refractivity contribution in [2.24, 2.45) is 5.10 Å². The molecule has 0 fully saturated rings. The Morgan fingerprint density at radius 2 is 1.44 bits per heavy atom. The fourth-order valence-electron chi connectivity index (χ4n) is 4.36. The van der Waals surface area contributed by atoms with Gasteiger partial charge in [0.15, 0.2) is 11.5 Å². The van der Waals surface area contributed by atoms with E-state index in [0.717, 1.165) is 10.8 Å². The van der Waals surface area contributed by atoms with Crippen LogP contribution in [0.15, 0.2) is 113 Å². The van der Waals surface area contributed by atoms with Crippen molar-refractivity contribution in [3.8, 4) is 17.2 Å². The maximum Gasteiger partial charge on any atom is 0.343 e. The Balaban J connectivity index is 1.32. The lowest BCUT2D eigenvalue weighted by Gasteiger charge is -2.12. The van der Waals surface area contributed by atoms with Crippen LogP contribution in [0.1, 0.15) is 26.3 Å². The van der Waals surface area contributed by atoms with Gasteiger partial charge in [0.1, 0.15) is 5.75 Å². The van der Waals surface area contributed by atoms with Gasteiger partial charge in [-0.25, -0.2) is 18.6 Å². The average molecular weight is 644 g/mol. The molecule has 228 valence electrons. The molecule has 0 aliphatic carbocycles. The largest absolute Gasteiger partial charge is 0.493 e. The summed E-state index contributed by atoms with van der Waals surface area (Å²) in [7, 11) is -0.875. The summed E-state index contributed by atoms with van der Waals surface area (Å²) in [6.45, 7) is 0. The van der Waals surface area contributed by atoms with Gasteiger partial charge in [-0.3, -0.25) is 9.52 Å². The normalized spacial score (nSPS) is 11.3. The van der Waals surface area contributed by atoms with Crippen molar-refractivity contribution in [1.82, 2.24) is 5.43 Å². The minimum absolute atomic E-state index is 0.0465. The Bertz CT molecular complexity index is 2010. The van der Waals surface area contributed by atoms with Crippen LogP contribution in [0.5, 0.6) is 17.2 Å². The molecule has 2 N–H and O–H groups in total. The molecule has 5 aromatic carbocycles. The molecule has 12 heteroatoms. The summed E-state index contributed by atoms with van der Waals surface area (Å²) >= 11 is 5.84. The first-order chi connectivity index (χ1) is 21.7. The van der Waals surface area contributed by atoms with Crippen molar-refractivity contribution < 1.29 is 32.2 Å². The van der Waals surface area contributed by atoms with Gasteiger partial charge in [-0.2, -0.15) is 5.10 Å². The third-order valence-corrected chi connectivity index (χ3v) is 8.28. The van der Waals surface area contributed by atoms with Gasteiger partial charge in [0.2, 0.25) is 0 Å². The van der Waals surface area contributed by atoms with Gasteiger partial charge in [0.25, 0.3) is 15.9 Å². The number of carbonyl (C=O) groups is 2. The van der Waals surface area contributed by atoms with E-state index < -0.39 is 21.9 Å². The van der Waals surface area contributed by atoms with E-state index in [1.54, 1.807) is 18.2 Å². The number of amides is 1. The van der Waals surface area contributed by atoms with Crippen LogP contribution in [0.25, 0.3) is 10.8 Å². The Labute approximate surface area is 264 Å². The second-order valence-corrected chi connectivity index (χ2v) is 11.6. The van der Waals surface area contributed by atoms with E-state index in [0.29, 0.717) is 22.1 Å². The van der Waals surface area contributed by atoms with Crippen LogP contribution in [-0.2, 0) is 10.0 Å². The van der Waals surface area contributed by atoms with E-state index in [-0.39, 0.29) is 27.5 Å². The van der Waals surface area contributed by atoms with E-state index in [9.17, 15) is 18.0 Å². The first-order valence-electron chi connectivity index (χ1n) is 13.4. The maximum atomic E-state index is 13.1. The summed E-state index contributed by atoms with van der Waals surface area (Å²) < 4.78 is 44.0. The molecule has 0 spiro atoms. The van der Waals surface area contributed by atoms with Crippen molar-refractivity contribution in [3.05, 3.63) is 125 Å². The molecule has 0 radical (unpaired) electrons. The standard InChI is InChI=1S/C33H26ClN3O7S/c1-42-30-18-10-23(19-31(30)43-2)33(39)44-29-17-9-21-5-3-4-6-27(21)28(29)20-35-36-32(38)22-7-13-25(14-8-22)37-45(40,41)26-15-11-24(34)12-16-26/h3-20,37H,1-2H3,(H,36,38)/b35-20+. The predicted molar refractivity (Wildman–Crippen MR) is 172 cm³/mol. The van der Waals surface area contributed by atoms with Gasteiger partial charge >= 0.3 is 5.97 Å². The molecule has 0 aromatic heterocycles. The molecule has 10 nitrogen and oxygen atoms in total. The van der Waals surface area contributed by atoms with Crippen molar-refractivity contribution in [1.29, 1.82) is 0 Å². The van der Waals surface area contributed by atoms with Crippen molar-refractivity contribution >= 4 is 56.2 Å². The molecule has 0 saturated heterocycles. The van der Waals surface area contributed by atoms with Crippen LogP contribution in [0.2, 0.25) is 5.02 Å². The predicted octanol–water partition coefficient (Wildman–Crippen LogP) is 6.29. The highest BCUT2D eigenvalue weighted by atomic mass is 35.5. The number of hydrogen-bond acceptors (Lipinski definition) is 8. The Morgan fingerprint density at radius 3 is 2.16 bits per heavy atom. The zero-order chi connectivity index (χ0) is 32.0. The molecule has 0 aliphatic rings. The summed E-state index contributed by atoms with van der Waals surface area (Å²) in [5, 5.41) is 6.14. The van der Waals surface area contributed by atoms with Crippen molar-refractivity contribution in [2.75, 3.05) is 18.9 Å². The lowest BCUT2D eigenvalue weighted by molar-refractivity contribution is 0.0734. The van der Waals surface area contributed by atoms with Crippen molar-refractivity contribution in [3.63, 3.8) is 0 Å². The van der Waals surface area contributed by atoms with E-state index in [4.69, 9.17) is 25.8 Å². The van der Waals surface area contributed by atoms with E-state index in [1.807, 2.05) is 30.3 Å². The molecule has 0 unspecified atom stereocenters. The molecule has 0 bridgehead atoms. The average Bonchev–Trinajstić information content (AvgIpc) is 3.05. The molecule has 45 heavy (non-hydrogen) atoms. The van der Waals surface area contributed by atoms with E-state index in [1.165, 1.54) is 75.0 Å². The zero-order valence-corrected chi connectivity index (χ0v) is 25.6. The molecule has 0 atom stereocenters. The summed E-state index contributed by atoms with van der Waals surface area (Å²) in [5.74, 6) is -0.0953. The molecule has 0 aliphatic heterocycles. The third kappa shape index (κ3) is 7.23. The van der Waals surface area contributed by atoms with Crippen LogP contribution in [0.3, 0.4) is 0 Å². The van der Waals surface area contributed by atoms with Gasteiger partial charge in [-0.1, -0.05) is 41.9 Å². The Morgan fingerprint density at radius 1 is 0.778 bits per heavy atom. The number of esters is 1. The lowest BCUT2D eigenvalue weighted by atomic mass is 10.0.